The topological polar surface area (TPSA) is 72.2 Å². The molecule has 0 saturated carbocycles. The molecular formula is C11H14N2O2S. The number of carbonyl (C=O) groups excluding carboxylic acids is 2. The number of thioether (sulfide) groups is 1. The molecular weight excluding hydrogens is 224 g/mol. The van der Waals surface area contributed by atoms with Gasteiger partial charge in [-0.25, -0.2) is 0 Å². The Labute approximate surface area is 98.6 Å². The van der Waals surface area contributed by atoms with E-state index in [2.05, 4.69) is 5.32 Å². The maximum Gasteiger partial charge on any atom is 0.236 e. The van der Waals surface area contributed by atoms with E-state index in [-0.39, 0.29) is 18.2 Å². The second-order valence-electron chi connectivity index (χ2n) is 3.30. The highest BCUT2D eigenvalue weighted by atomic mass is 32.2. The lowest BCUT2D eigenvalue weighted by Crippen LogP contribution is -2.34. The number of carbonyl (C=O) groups is 2. The van der Waals surface area contributed by atoms with Crippen LogP contribution in [0.3, 0.4) is 0 Å². The van der Waals surface area contributed by atoms with Crippen molar-refractivity contribution in [1.82, 2.24) is 5.32 Å². The Morgan fingerprint density at radius 3 is 2.69 bits per heavy atom. The Morgan fingerprint density at radius 1 is 1.38 bits per heavy atom. The van der Waals surface area contributed by atoms with Gasteiger partial charge in [0.25, 0.3) is 0 Å². The van der Waals surface area contributed by atoms with Gasteiger partial charge in [-0.3, -0.25) is 9.59 Å². The van der Waals surface area contributed by atoms with Crippen LogP contribution in [0.5, 0.6) is 0 Å². The van der Waals surface area contributed by atoms with Crippen LogP contribution >= 0.6 is 11.8 Å². The Morgan fingerprint density at radius 2 is 2.06 bits per heavy atom. The van der Waals surface area contributed by atoms with Gasteiger partial charge in [0, 0.05) is 4.90 Å². The SMILES string of the molecule is Cc1ccccc1SCC(=O)NCC(N)=O. The van der Waals surface area contributed by atoms with Gasteiger partial charge < -0.3 is 11.1 Å². The molecule has 0 aromatic heterocycles. The molecule has 3 N–H and O–H groups in total. The normalized spacial score (nSPS) is 9.81. The van der Waals surface area contributed by atoms with Gasteiger partial charge in [0.15, 0.2) is 0 Å². The lowest BCUT2D eigenvalue weighted by molar-refractivity contribution is -0.123. The standard InChI is InChI=1S/C11H14N2O2S/c1-8-4-2-3-5-9(8)16-7-11(15)13-6-10(12)14/h2-5H,6-7H2,1H3,(H2,12,14)(H,13,15). The van der Waals surface area contributed by atoms with Gasteiger partial charge in [0.1, 0.15) is 0 Å². The molecule has 0 aliphatic carbocycles. The van der Waals surface area contributed by atoms with E-state index in [1.54, 1.807) is 0 Å². The minimum absolute atomic E-state index is 0.104. The molecule has 0 heterocycles. The number of benzene rings is 1. The van der Waals surface area contributed by atoms with Crippen LogP contribution < -0.4 is 11.1 Å². The van der Waals surface area contributed by atoms with Crippen LogP contribution in [-0.4, -0.2) is 24.1 Å². The van der Waals surface area contributed by atoms with Crippen molar-refractivity contribution in [2.24, 2.45) is 5.73 Å². The highest BCUT2D eigenvalue weighted by molar-refractivity contribution is 8.00. The van der Waals surface area contributed by atoms with E-state index >= 15 is 0 Å². The zero-order valence-electron chi connectivity index (χ0n) is 9.03. The molecule has 5 heteroatoms. The van der Waals surface area contributed by atoms with E-state index in [0.717, 1.165) is 10.5 Å². The third kappa shape index (κ3) is 4.35. The summed E-state index contributed by atoms with van der Waals surface area (Å²) in [6, 6.07) is 7.83. The predicted molar refractivity (Wildman–Crippen MR) is 64.1 cm³/mol. The maximum absolute atomic E-state index is 11.3. The molecule has 0 atom stereocenters. The third-order valence-electron chi connectivity index (χ3n) is 1.91. The van der Waals surface area contributed by atoms with Crippen LogP contribution in [0.2, 0.25) is 0 Å². The fourth-order valence-corrected chi connectivity index (χ4v) is 1.96. The molecule has 0 saturated heterocycles. The van der Waals surface area contributed by atoms with Crippen LogP contribution in [0.15, 0.2) is 29.2 Å². The zero-order valence-corrected chi connectivity index (χ0v) is 9.84. The molecule has 0 spiro atoms. The van der Waals surface area contributed by atoms with Crippen molar-refractivity contribution < 1.29 is 9.59 Å². The van der Waals surface area contributed by atoms with E-state index < -0.39 is 5.91 Å². The average molecular weight is 238 g/mol. The lowest BCUT2D eigenvalue weighted by Gasteiger charge is -2.05. The summed E-state index contributed by atoms with van der Waals surface area (Å²) < 4.78 is 0. The molecule has 86 valence electrons. The number of amides is 2. The first kappa shape index (κ1) is 12.6. The fourth-order valence-electron chi connectivity index (χ4n) is 1.10. The third-order valence-corrected chi connectivity index (χ3v) is 3.09. The van der Waals surface area contributed by atoms with Crippen LogP contribution in [0.4, 0.5) is 0 Å². The van der Waals surface area contributed by atoms with Crippen LogP contribution in [0, 0.1) is 6.92 Å². The molecule has 1 rings (SSSR count). The Bertz CT molecular complexity index is 393. The summed E-state index contributed by atoms with van der Waals surface area (Å²) in [7, 11) is 0. The molecule has 0 fully saturated rings. The number of nitrogens with two attached hydrogens (primary N) is 1. The average Bonchev–Trinajstić information content (AvgIpc) is 2.25. The molecule has 16 heavy (non-hydrogen) atoms. The van der Waals surface area contributed by atoms with Gasteiger partial charge in [0.05, 0.1) is 12.3 Å². The van der Waals surface area contributed by atoms with Gasteiger partial charge >= 0.3 is 0 Å². The van der Waals surface area contributed by atoms with Crippen LogP contribution in [0.1, 0.15) is 5.56 Å². The quantitative estimate of drug-likeness (QED) is 0.741. The molecule has 2 amide bonds. The van der Waals surface area contributed by atoms with Crippen LogP contribution in [-0.2, 0) is 9.59 Å². The van der Waals surface area contributed by atoms with Crippen molar-refractivity contribution >= 4 is 23.6 Å². The number of aryl methyl sites for hydroxylation is 1. The molecule has 0 aliphatic rings. The summed E-state index contributed by atoms with van der Waals surface area (Å²) in [5.41, 5.74) is 6.05. The molecule has 0 aliphatic heterocycles. The molecule has 0 bridgehead atoms. The first-order valence-corrected chi connectivity index (χ1v) is 5.81. The Balaban J connectivity index is 2.37. The molecule has 0 radical (unpaired) electrons. The van der Waals surface area contributed by atoms with Crippen molar-refractivity contribution in [3.63, 3.8) is 0 Å². The highest BCUT2D eigenvalue weighted by Gasteiger charge is 2.04. The van der Waals surface area contributed by atoms with Gasteiger partial charge in [-0.05, 0) is 18.6 Å². The van der Waals surface area contributed by atoms with Crippen molar-refractivity contribution in [3.8, 4) is 0 Å². The van der Waals surface area contributed by atoms with E-state index in [0.29, 0.717) is 0 Å². The summed E-state index contributed by atoms with van der Waals surface area (Å²) in [5.74, 6) is -0.431. The summed E-state index contributed by atoms with van der Waals surface area (Å²) in [4.78, 5) is 22.8. The molecule has 1 aromatic rings. The fraction of sp³-hybridized carbons (Fsp3) is 0.273. The van der Waals surface area contributed by atoms with Gasteiger partial charge in [-0.1, -0.05) is 18.2 Å². The minimum Gasteiger partial charge on any atom is -0.368 e. The first-order valence-electron chi connectivity index (χ1n) is 4.83. The number of primary amides is 1. The smallest absolute Gasteiger partial charge is 0.236 e. The van der Waals surface area contributed by atoms with Crippen molar-refractivity contribution in [1.29, 1.82) is 0 Å². The maximum atomic E-state index is 11.3. The monoisotopic (exact) mass is 238 g/mol. The first-order chi connectivity index (χ1) is 7.59. The molecule has 0 unspecified atom stereocenters. The molecule has 1 aromatic carbocycles. The number of hydrogen-bond acceptors (Lipinski definition) is 3. The van der Waals surface area contributed by atoms with E-state index in [1.165, 1.54) is 11.8 Å². The summed E-state index contributed by atoms with van der Waals surface area (Å²) in [6.45, 7) is 1.89. The minimum atomic E-state index is -0.533. The largest absolute Gasteiger partial charge is 0.368 e. The summed E-state index contributed by atoms with van der Waals surface area (Å²) >= 11 is 1.44. The predicted octanol–water partition coefficient (Wildman–Crippen LogP) is 0.689. The zero-order chi connectivity index (χ0) is 12.0. The highest BCUT2D eigenvalue weighted by Crippen LogP contribution is 2.21. The van der Waals surface area contributed by atoms with E-state index in [1.807, 2.05) is 31.2 Å². The number of hydrogen-bond donors (Lipinski definition) is 2. The van der Waals surface area contributed by atoms with E-state index in [4.69, 9.17) is 5.73 Å². The van der Waals surface area contributed by atoms with Gasteiger partial charge in [-0.2, -0.15) is 0 Å². The van der Waals surface area contributed by atoms with E-state index in [9.17, 15) is 9.59 Å². The van der Waals surface area contributed by atoms with Crippen molar-refractivity contribution in [2.45, 2.75) is 11.8 Å². The lowest BCUT2D eigenvalue weighted by atomic mass is 10.2. The summed E-state index contributed by atoms with van der Waals surface area (Å²) in [6.07, 6.45) is 0. The van der Waals surface area contributed by atoms with Gasteiger partial charge in [-0.15, -0.1) is 11.8 Å². The van der Waals surface area contributed by atoms with Crippen LogP contribution in [0.25, 0.3) is 0 Å². The van der Waals surface area contributed by atoms with Crippen molar-refractivity contribution in [2.75, 3.05) is 12.3 Å². The van der Waals surface area contributed by atoms with Crippen molar-refractivity contribution in [3.05, 3.63) is 29.8 Å². The Hall–Kier alpha value is -1.49. The number of nitrogens with one attached hydrogen (secondary N) is 1. The number of rotatable bonds is 5. The molecule has 4 nitrogen and oxygen atoms in total. The Kier molecular flexibility index (Phi) is 4.85. The second-order valence-corrected chi connectivity index (χ2v) is 4.31. The summed E-state index contributed by atoms with van der Waals surface area (Å²) in [5, 5.41) is 2.44. The second kappa shape index (κ2) is 6.17. The van der Waals surface area contributed by atoms with Gasteiger partial charge in [0.2, 0.25) is 11.8 Å².